The van der Waals surface area contributed by atoms with Gasteiger partial charge in [0, 0.05) is 0 Å². The zero-order valence-corrected chi connectivity index (χ0v) is 15.7. The van der Waals surface area contributed by atoms with Crippen molar-refractivity contribution in [1.82, 2.24) is 0 Å². The van der Waals surface area contributed by atoms with Crippen molar-refractivity contribution in [3.8, 4) is 0 Å². The molecule has 0 amide bonds. The Kier molecular flexibility index (Phi) is 6.71. The van der Waals surface area contributed by atoms with E-state index in [1.807, 2.05) is 0 Å². The first-order chi connectivity index (χ1) is 10.9. The van der Waals surface area contributed by atoms with Crippen LogP contribution in [0.4, 0.5) is 0 Å². The van der Waals surface area contributed by atoms with Crippen molar-refractivity contribution in [2.75, 3.05) is 0 Å². The van der Waals surface area contributed by atoms with Crippen LogP contribution < -0.4 is 0 Å². The monoisotopic (exact) mass is 316 g/mol. The van der Waals surface area contributed by atoms with E-state index in [4.69, 9.17) is 0 Å². The number of rotatable bonds is 7. The maximum Gasteiger partial charge on any atom is 0.0546 e. The van der Waals surface area contributed by atoms with Gasteiger partial charge in [0.25, 0.3) is 0 Å². The average molecular weight is 317 g/mol. The summed E-state index contributed by atoms with van der Waals surface area (Å²) >= 11 is 0. The highest BCUT2D eigenvalue weighted by atomic mass is 16.3. The van der Waals surface area contributed by atoms with Crippen molar-refractivity contribution in [1.29, 1.82) is 0 Å². The summed E-state index contributed by atoms with van der Waals surface area (Å²) < 4.78 is 0. The van der Waals surface area contributed by atoms with Gasteiger partial charge >= 0.3 is 0 Å². The molecular formula is C22H36O. The normalized spacial score (nSPS) is 22.3. The fourth-order valence-corrected chi connectivity index (χ4v) is 4.14. The van der Waals surface area contributed by atoms with Crippen LogP contribution in [0.25, 0.3) is 0 Å². The highest BCUT2D eigenvalue weighted by Gasteiger charge is 2.25. The second kappa shape index (κ2) is 8.33. The Balaban J connectivity index is 2.05. The molecule has 130 valence electrons. The fraction of sp³-hybridized carbons (Fsp3) is 0.727. The Morgan fingerprint density at radius 1 is 1.13 bits per heavy atom. The van der Waals surface area contributed by atoms with Crippen LogP contribution in [-0.2, 0) is 5.41 Å². The van der Waals surface area contributed by atoms with E-state index in [0.717, 1.165) is 19.3 Å². The minimum atomic E-state index is -0.0946. The number of hydrogen-bond acceptors (Lipinski definition) is 1. The van der Waals surface area contributed by atoms with Gasteiger partial charge in [0.15, 0.2) is 0 Å². The fourth-order valence-electron chi connectivity index (χ4n) is 4.14. The molecule has 1 fully saturated rings. The highest BCUT2D eigenvalue weighted by Crippen LogP contribution is 2.37. The maximum absolute atomic E-state index is 9.96. The van der Waals surface area contributed by atoms with E-state index in [9.17, 15) is 5.11 Å². The van der Waals surface area contributed by atoms with Gasteiger partial charge in [-0.05, 0) is 60.6 Å². The van der Waals surface area contributed by atoms with Gasteiger partial charge in [-0.3, -0.25) is 0 Å². The molecular weight excluding hydrogens is 280 g/mol. The van der Waals surface area contributed by atoms with E-state index >= 15 is 0 Å². The topological polar surface area (TPSA) is 20.2 Å². The van der Waals surface area contributed by atoms with Crippen molar-refractivity contribution in [3.05, 3.63) is 34.9 Å². The minimum absolute atomic E-state index is 0.0946. The van der Waals surface area contributed by atoms with Crippen LogP contribution >= 0.6 is 0 Å². The number of aliphatic hydroxyl groups is 1. The van der Waals surface area contributed by atoms with Crippen molar-refractivity contribution in [3.63, 3.8) is 0 Å². The molecule has 1 saturated carbocycles. The Labute approximate surface area is 143 Å². The van der Waals surface area contributed by atoms with Gasteiger partial charge in [-0.25, -0.2) is 0 Å². The molecule has 0 radical (unpaired) electrons. The molecule has 1 aromatic carbocycles. The predicted octanol–water partition coefficient (Wildman–Crippen LogP) is 6.26. The van der Waals surface area contributed by atoms with Crippen LogP contribution in [0.3, 0.4) is 0 Å². The van der Waals surface area contributed by atoms with Crippen molar-refractivity contribution in [2.45, 2.75) is 103 Å². The van der Waals surface area contributed by atoms with Crippen LogP contribution in [-0.4, -0.2) is 11.2 Å². The summed E-state index contributed by atoms with van der Waals surface area (Å²) in [6, 6.07) is 7.11. The van der Waals surface area contributed by atoms with Crippen LogP contribution in [0.1, 0.15) is 101 Å². The molecule has 0 aromatic heterocycles. The Morgan fingerprint density at radius 2 is 1.91 bits per heavy atom. The van der Waals surface area contributed by atoms with Crippen molar-refractivity contribution in [2.24, 2.45) is 0 Å². The van der Waals surface area contributed by atoms with E-state index in [-0.39, 0.29) is 11.5 Å². The predicted molar refractivity (Wildman–Crippen MR) is 100 cm³/mol. The first-order valence-corrected chi connectivity index (χ1v) is 9.73. The zero-order chi connectivity index (χ0) is 16.9. The molecule has 1 N–H and O–H groups in total. The van der Waals surface area contributed by atoms with Gasteiger partial charge < -0.3 is 5.11 Å². The molecule has 1 aliphatic carbocycles. The first-order valence-electron chi connectivity index (χ1n) is 9.73. The highest BCUT2D eigenvalue weighted by molar-refractivity contribution is 5.37. The van der Waals surface area contributed by atoms with Crippen LogP contribution in [0.2, 0.25) is 0 Å². The van der Waals surface area contributed by atoms with E-state index < -0.39 is 0 Å². The largest absolute Gasteiger partial charge is 0.393 e. The Hall–Kier alpha value is -0.820. The molecule has 0 bridgehead atoms. The quantitative estimate of drug-likeness (QED) is 0.588. The van der Waals surface area contributed by atoms with E-state index in [0.29, 0.717) is 5.92 Å². The summed E-state index contributed by atoms with van der Waals surface area (Å²) in [5, 5.41) is 9.96. The van der Waals surface area contributed by atoms with E-state index in [1.54, 1.807) is 0 Å². The molecule has 2 atom stereocenters. The van der Waals surface area contributed by atoms with Gasteiger partial charge in [-0.2, -0.15) is 0 Å². The molecule has 2 unspecified atom stereocenters. The molecule has 1 nitrogen and oxygen atoms in total. The lowest BCUT2D eigenvalue weighted by Crippen LogP contribution is -2.20. The maximum atomic E-state index is 9.96. The lowest BCUT2D eigenvalue weighted by atomic mass is 9.76. The smallest absolute Gasteiger partial charge is 0.0546 e. The third kappa shape index (κ3) is 5.08. The molecule has 0 spiro atoms. The van der Waals surface area contributed by atoms with Crippen LogP contribution in [0, 0.1) is 6.92 Å². The molecule has 2 rings (SSSR count). The second-order valence-corrected chi connectivity index (χ2v) is 8.28. The third-order valence-electron chi connectivity index (χ3n) is 5.79. The summed E-state index contributed by atoms with van der Waals surface area (Å²) in [5.74, 6) is 0.556. The molecule has 0 aliphatic heterocycles. The van der Waals surface area contributed by atoms with Crippen molar-refractivity contribution >= 4 is 0 Å². The number of aliphatic hydroxyl groups excluding tert-OH is 1. The summed E-state index contributed by atoms with van der Waals surface area (Å²) in [4.78, 5) is 0. The molecule has 1 aromatic rings. The standard InChI is InChI=1S/C22H36O/c1-5-6-7-8-14-22(3,4)19-12-13-21(17(2)15-19)18-10-9-11-20(23)16-18/h12-13,15,18,20,23H,5-11,14,16H2,1-4H3. The van der Waals surface area contributed by atoms with E-state index in [1.165, 1.54) is 55.2 Å². The molecule has 23 heavy (non-hydrogen) atoms. The van der Waals surface area contributed by atoms with Gasteiger partial charge in [0.05, 0.1) is 6.10 Å². The Morgan fingerprint density at radius 3 is 2.57 bits per heavy atom. The summed E-state index contributed by atoms with van der Waals surface area (Å²) in [6.07, 6.45) is 10.9. The van der Waals surface area contributed by atoms with Gasteiger partial charge in [-0.1, -0.05) is 71.1 Å². The summed E-state index contributed by atoms with van der Waals surface area (Å²) in [6.45, 7) is 9.30. The number of aryl methyl sites for hydroxylation is 1. The van der Waals surface area contributed by atoms with Gasteiger partial charge in [0.1, 0.15) is 0 Å². The van der Waals surface area contributed by atoms with Gasteiger partial charge in [-0.15, -0.1) is 0 Å². The van der Waals surface area contributed by atoms with Gasteiger partial charge in [0.2, 0.25) is 0 Å². The lowest BCUT2D eigenvalue weighted by molar-refractivity contribution is 0.119. The van der Waals surface area contributed by atoms with Crippen molar-refractivity contribution < 1.29 is 5.11 Å². The molecule has 1 aliphatic rings. The third-order valence-corrected chi connectivity index (χ3v) is 5.79. The first kappa shape index (κ1) is 18.5. The minimum Gasteiger partial charge on any atom is -0.393 e. The SMILES string of the molecule is CCCCCCC(C)(C)c1ccc(C2CCCC(O)C2)c(C)c1. The molecule has 0 saturated heterocycles. The second-order valence-electron chi connectivity index (χ2n) is 8.28. The lowest BCUT2D eigenvalue weighted by Gasteiger charge is -2.30. The molecule has 1 heteroatoms. The zero-order valence-electron chi connectivity index (χ0n) is 15.7. The van der Waals surface area contributed by atoms with E-state index in [2.05, 4.69) is 45.9 Å². The van der Waals surface area contributed by atoms with Crippen LogP contribution in [0.5, 0.6) is 0 Å². The van der Waals surface area contributed by atoms with Crippen LogP contribution in [0.15, 0.2) is 18.2 Å². The summed E-state index contributed by atoms with van der Waals surface area (Å²) in [5.41, 5.74) is 4.63. The number of benzene rings is 1. The Bertz CT molecular complexity index is 489. The summed E-state index contributed by atoms with van der Waals surface area (Å²) in [7, 11) is 0. The number of hydrogen-bond donors (Lipinski definition) is 1. The molecule has 0 heterocycles. The number of unbranched alkanes of at least 4 members (excludes halogenated alkanes) is 3. The average Bonchev–Trinajstić information content (AvgIpc) is 2.51.